The number of nitrogens with zero attached hydrogens (tertiary/aromatic N) is 1. The number of nitrogens with two attached hydrogens (primary N) is 1. The van der Waals surface area contributed by atoms with Gasteiger partial charge in [-0.2, -0.15) is 0 Å². The summed E-state index contributed by atoms with van der Waals surface area (Å²) in [7, 11) is 0. The molecule has 2 amide bonds. The molecule has 1 saturated heterocycles. The Balaban J connectivity index is 0.00000196. The lowest BCUT2D eigenvalue weighted by atomic mass is 9.85. The van der Waals surface area contributed by atoms with Gasteiger partial charge in [-0.3, -0.25) is 9.59 Å². The van der Waals surface area contributed by atoms with Gasteiger partial charge in [-0.1, -0.05) is 12.8 Å². The van der Waals surface area contributed by atoms with Crippen LogP contribution in [-0.2, 0) is 4.79 Å². The molecule has 2 aliphatic rings. The second-order valence-electron chi connectivity index (χ2n) is 6.80. The topological polar surface area (TPSA) is 113 Å². The number of aromatic nitrogens is 2. The number of thiazole rings is 1. The molecule has 1 saturated carbocycles. The van der Waals surface area contributed by atoms with Gasteiger partial charge in [0.15, 0.2) is 5.13 Å². The number of hydrogen-bond donors (Lipinski definition) is 4. The highest BCUT2D eigenvalue weighted by molar-refractivity contribution is 7.14. The van der Waals surface area contributed by atoms with Crippen molar-refractivity contribution in [1.29, 1.82) is 0 Å². The number of anilines is 1. The fraction of sp³-hybridized carbons (Fsp3) is 0.471. The number of primary amides is 1. The first kappa shape index (κ1) is 18.9. The van der Waals surface area contributed by atoms with E-state index < -0.39 is 5.91 Å². The average Bonchev–Trinajstić information content (AvgIpc) is 3.32. The van der Waals surface area contributed by atoms with Crippen LogP contribution in [0.25, 0.3) is 11.3 Å². The molecule has 1 aliphatic carbocycles. The number of amides is 2. The first-order valence-electron chi connectivity index (χ1n) is 8.61. The predicted molar refractivity (Wildman–Crippen MR) is 104 cm³/mol. The maximum atomic E-state index is 12.5. The van der Waals surface area contributed by atoms with E-state index in [1.54, 1.807) is 12.3 Å². The van der Waals surface area contributed by atoms with Crippen molar-refractivity contribution in [3.63, 3.8) is 0 Å². The second kappa shape index (κ2) is 7.77. The average molecular weight is 396 g/mol. The van der Waals surface area contributed by atoms with Crippen molar-refractivity contribution >= 4 is 40.7 Å². The molecule has 3 atom stereocenters. The number of hydrogen-bond acceptors (Lipinski definition) is 5. The number of carbonyl (C=O) groups excluding carboxylic acids is 2. The molecule has 140 valence electrons. The molecule has 3 heterocycles. The number of H-pyrrole nitrogens is 1. The van der Waals surface area contributed by atoms with Gasteiger partial charge in [-0.05, 0) is 31.2 Å². The minimum absolute atomic E-state index is 0. The van der Waals surface area contributed by atoms with Crippen LogP contribution in [0.1, 0.15) is 42.6 Å². The Bertz CT molecular complexity index is 791. The number of rotatable bonds is 4. The summed E-state index contributed by atoms with van der Waals surface area (Å²) in [6, 6.07) is 2.02. The van der Waals surface area contributed by atoms with E-state index >= 15 is 0 Å². The van der Waals surface area contributed by atoms with Gasteiger partial charge in [0.2, 0.25) is 5.91 Å². The highest BCUT2D eigenvalue weighted by Crippen LogP contribution is 2.34. The predicted octanol–water partition coefficient (Wildman–Crippen LogP) is 2.52. The Morgan fingerprint density at radius 1 is 1.31 bits per heavy atom. The van der Waals surface area contributed by atoms with Crippen molar-refractivity contribution in [1.82, 2.24) is 15.3 Å². The van der Waals surface area contributed by atoms with Gasteiger partial charge in [0, 0.05) is 23.2 Å². The van der Waals surface area contributed by atoms with Crippen LogP contribution in [0.5, 0.6) is 0 Å². The maximum absolute atomic E-state index is 12.5. The molecule has 7 nitrogen and oxygen atoms in total. The quantitative estimate of drug-likeness (QED) is 0.637. The van der Waals surface area contributed by atoms with Crippen LogP contribution in [0, 0.1) is 5.92 Å². The van der Waals surface area contributed by atoms with Gasteiger partial charge in [-0.15, -0.1) is 23.7 Å². The van der Waals surface area contributed by atoms with Crippen LogP contribution >= 0.6 is 23.7 Å². The smallest absolute Gasteiger partial charge is 0.265 e. The maximum Gasteiger partial charge on any atom is 0.265 e. The number of carbonyl (C=O) groups is 2. The lowest BCUT2D eigenvalue weighted by molar-refractivity contribution is -0.117. The van der Waals surface area contributed by atoms with Gasteiger partial charge in [0.1, 0.15) is 5.69 Å². The zero-order chi connectivity index (χ0) is 17.4. The van der Waals surface area contributed by atoms with Gasteiger partial charge in [0.05, 0.1) is 11.7 Å². The summed E-state index contributed by atoms with van der Waals surface area (Å²) in [5.41, 5.74) is 7.06. The van der Waals surface area contributed by atoms with Crippen LogP contribution in [0.3, 0.4) is 0 Å². The molecule has 2 aromatic rings. The van der Waals surface area contributed by atoms with Gasteiger partial charge < -0.3 is 21.4 Å². The standard InChI is InChI=1S/C17H21N5O2S.ClH/c18-15(23)12-6-10(7-19-12)14-8-25-17(21-14)22-16(24)13-5-9-3-1-2-4-11(9)20-13;/h6-9,11,13,19-20H,1-5H2,(H2,18,23)(H,21,22,24);1H. The summed E-state index contributed by atoms with van der Waals surface area (Å²) in [6.07, 6.45) is 7.52. The number of fused-ring (bicyclic) bond motifs is 1. The van der Waals surface area contributed by atoms with E-state index in [2.05, 4.69) is 20.6 Å². The number of halogens is 1. The molecule has 4 rings (SSSR count). The zero-order valence-corrected chi connectivity index (χ0v) is 15.8. The largest absolute Gasteiger partial charge is 0.364 e. The van der Waals surface area contributed by atoms with Crippen LogP contribution in [-0.4, -0.2) is 33.9 Å². The van der Waals surface area contributed by atoms with Crippen molar-refractivity contribution in [3.05, 3.63) is 23.3 Å². The number of aromatic amines is 1. The van der Waals surface area contributed by atoms with E-state index in [4.69, 9.17) is 5.73 Å². The molecule has 5 N–H and O–H groups in total. The monoisotopic (exact) mass is 395 g/mol. The van der Waals surface area contributed by atoms with Gasteiger partial charge in [0.25, 0.3) is 5.91 Å². The lowest BCUT2D eigenvalue weighted by Crippen LogP contribution is -2.39. The molecule has 0 radical (unpaired) electrons. The summed E-state index contributed by atoms with van der Waals surface area (Å²) in [5.74, 6) is 0.106. The summed E-state index contributed by atoms with van der Waals surface area (Å²) in [4.78, 5) is 30.9. The fourth-order valence-electron chi connectivity index (χ4n) is 3.86. The Morgan fingerprint density at radius 2 is 2.12 bits per heavy atom. The second-order valence-corrected chi connectivity index (χ2v) is 7.66. The molecule has 1 aliphatic heterocycles. The number of nitrogens with one attached hydrogen (secondary N) is 3. The summed E-state index contributed by atoms with van der Waals surface area (Å²) < 4.78 is 0. The van der Waals surface area contributed by atoms with E-state index in [0.717, 1.165) is 12.0 Å². The highest BCUT2D eigenvalue weighted by Gasteiger charge is 2.38. The Hall–Kier alpha value is -1.90. The van der Waals surface area contributed by atoms with Crippen LogP contribution in [0.4, 0.5) is 5.13 Å². The van der Waals surface area contributed by atoms with E-state index in [0.29, 0.717) is 28.5 Å². The van der Waals surface area contributed by atoms with E-state index in [1.807, 2.05) is 5.38 Å². The first-order valence-corrected chi connectivity index (χ1v) is 9.49. The summed E-state index contributed by atoms with van der Waals surface area (Å²) >= 11 is 1.37. The third kappa shape index (κ3) is 3.77. The normalized spacial score (nSPS) is 24.5. The Labute approximate surface area is 161 Å². The SMILES string of the molecule is Cl.NC(=O)c1cc(-c2csc(NC(=O)C3CC4CCCCC4N3)n2)c[nH]1. The minimum Gasteiger partial charge on any atom is -0.364 e. The van der Waals surface area contributed by atoms with Crippen molar-refractivity contribution in [2.75, 3.05) is 5.32 Å². The molecular weight excluding hydrogens is 374 g/mol. The molecule has 0 spiro atoms. The molecule has 3 unspecified atom stereocenters. The van der Waals surface area contributed by atoms with E-state index in [1.165, 1.54) is 37.0 Å². The molecular formula is C17H22ClN5O2S. The minimum atomic E-state index is -0.510. The lowest BCUT2D eigenvalue weighted by Gasteiger charge is -2.24. The van der Waals surface area contributed by atoms with E-state index in [-0.39, 0.29) is 24.4 Å². The molecule has 26 heavy (non-hydrogen) atoms. The first-order chi connectivity index (χ1) is 12.1. The Kier molecular flexibility index (Phi) is 5.64. The molecule has 2 aromatic heterocycles. The fourth-order valence-corrected chi connectivity index (χ4v) is 4.58. The van der Waals surface area contributed by atoms with Gasteiger partial charge >= 0.3 is 0 Å². The highest BCUT2D eigenvalue weighted by atomic mass is 35.5. The van der Waals surface area contributed by atoms with Crippen LogP contribution in [0.2, 0.25) is 0 Å². The van der Waals surface area contributed by atoms with Crippen molar-refractivity contribution < 1.29 is 9.59 Å². The van der Waals surface area contributed by atoms with E-state index in [9.17, 15) is 9.59 Å². The Morgan fingerprint density at radius 3 is 2.85 bits per heavy atom. The third-order valence-electron chi connectivity index (χ3n) is 5.16. The van der Waals surface area contributed by atoms with Gasteiger partial charge in [-0.25, -0.2) is 4.98 Å². The van der Waals surface area contributed by atoms with Crippen molar-refractivity contribution in [2.24, 2.45) is 11.7 Å². The summed E-state index contributed by atoms with van der Waals surface area (Å²) in [5, 5.41) is 8.81. The van der Waals surface area contributed by atoms with Crippen LogP contribution < -0.4 is 16.4 Å². The van der Waals surface area contributed by atoms with Crippen LogP contribution in [0.15, 0.2) is 17.6 Å². The molecule has 0 bridgehead atoms. The third-order valence-corrected chi connectivity index (χ3v) is 5.92. The van der Waals surface area contributed by atoms with Crippen molar-refractivity contribution in [2.45, 2.75) is 44.2 Å². The zero-order valence-electron chi connectivity index (χ0n) is 14.2. The summed E-state index contributed by atoms with van der Waals surface area (Å²) in [6.45, 7) is 0. The molecule has 0 aromatic carbocycles. The molecule has 9 heteroatoms. The van der Waals surface area contributed by atoms with Crippen molar-refractivity contribution in [3.8, 4) is 11.3 Å². The molecule has 2 fully saturated rings.